The van der Waals surface area contributed by atoms with Gasteiger partial charge in [-0.25, -0.2) is 5.43 Å². The maximum Gasteiger partial charge on any atom is 0.244 e. The van der Waals surface area contributed by atoms with E-state index < -0.39 is 0 Å². The van der Waals surface area contributed by atoms with Crippen LogP contribution >= 0.6 is 11.3 Å². The second-order valence-corrected chi connectivity index (χ2v) is 5.52. The van der Waals surface area contributed by atoms with Crippen molar-refractivity contribution in [1.29, 1.82) is 0 Å². The van der Waals surface area contributed by atoms with Gasteiger partial charge in [-0.2, -0.15) is 5.10 Å². The number of nitrogens with one attached hydrogen (secondary N) is 1. The molecule has 0 aliphatic rings. The maximum atomic E-state index is 12.0. The zero-order valence-corrected chi connectivity index (χ0v) is 13.6. The Balaban J connectivity index is 1.99. The van der Waals surface area contributed by atoms with Crippen molar-refractivity contribution in [3.05, 3.63) is 46.2 Å². The molecule has 0 spiro atoms. The minimum absolute atomic E-state index is 0.178. The van der Waals surface area contributed by atoms with E-state index in [-0.39, 0.29) is 12.3 Å². The fraction of sp³-hybridized carbons (Fsp3) is 0.250. The number of hydrogen-bond acceptors (Lipinski definition) is 5. The summed E-state index contributed by atoms with van der Waals surface area (Å²) in [6.45, 7) is 1.86. The topological polar surface area (TPSA) is 59.9 Å². The largest absolute Gasteiger partial charge is 0.493 e. The van der Waals surface area contributed by atoms with Crippen molar-refractivity contribution in [2.45, 2.75) is 13.3 Å². The third-order valence-electron chi connectivity index (χ3n) is 3.04. The van der Waals surface area contributed by atoms with Gasteiger partial charge in [0.25, 0.3) is 0 Å². The summed E-state index contributed by atoms with van der Waals surface area (Å²) in [6.07, 6.45) is 0.224. The summed E-state index contributed by atoms with van der Waals surface area (Å²) in [7, 11) is 3.14. The van der Waals surface area contributed by atoms with Crippen LogP contribution in [0.15, 0.2) is 40.8 Å². The van der Waals surface area contributed by atoms with Crippen LogP contribution in [0.3, 0.4) is 0 Å². The Morgan fingerprint density at radius 2 is 2.00 bits per heavy atom. The Labute approximate surface area is 133 Å². The lowest BCUT2D eigenvalue weighted by atomic mass is 10.1. The zero-order chi connectivity index (χ0) is 15.9. The molecule has 0 aliphatic carbocycles. The van der Waals surface area contributed by atoms with E-state index in [0.717, 1.165) is 16.2 Å². The first-order valence-electron chi connectivity index (χ1n) is 6.72. The van der Waals surface area contributed by atoms with Gasteiger partial charge >= 0.3 is 0 Å². The van der Waals surface area contributed by atoms with Crippen LogP contribution in [0.4, 0.5) is 0 Å². The molecule has 1 aromatic carbocycles. The molecule has 2 aromatic rings. The SMILES string of the molecule is COc1ccc(CC(=O)N/N=C(\C)c2cccs2)cc1OC. The molecule has 116 valence electrons. The molecule has 0 saturated heterocycles. The fourth-order valence-electron chi connectivity index (χ4n) is 1.90. The molecule has 2 rings (SSSR count). The first kappa shape index (κ1) is 16.0. The lowest BCUT2D eigenvalue weighted by Crippen LogP contribution is -2.21. The Kier molecular flexibility index (Phi) is 5.55. The van der Waals surface area contributed by atoms with E-state index in [1.165, 1.54) is 0 Å². The van der Waals surface area contributed by atoms with Crippen molar-refractivity contribution in [1.82, 2.24) is 5.43 Å². The highest BCUT2D eigenvalue weighted by atomic mass is 32.1. The molecular weight excluding hydrogens is 300 g/mol. The molecular formula is C16H18N2O3S. The number of methoxy groups -OCH3 is 2. The molecule has 6 heteroatoms. The number of thiophene rings is 1. The second-order valence-electron chi connectivity index (χ2n) is 4.58. The number of amides is 1. The normalized spacial score (nSPS) is 11.1. The quantitative estimate of drug-likeness (QED) is 0.658. The molecule has 1 heterocycles. The average Bonchev–Trinajstić information content (AvgIpc) is 3.07. The van der Waals surface area contributed by atoms with Crippen molar-refractivity contribution in [2.24, 2.45) is 5.10 Å². The lowest BCUT2D eigenvalue weighted by molar-refractivity contribution is -0.120. The number of ether oxygens (including phenoxy) is 2. The molecule has 0 radical (unpaired) electrons. The molecule has 0 bridgehead atoms. The van der Waals surface area contributed by atoms with Gasteiger partial charge in [0.15, 0.2) is 11.5 Å². The first-order chi connectivity index (χ1) is 10.6. The minimum Gasteiger partial charge on any atom is -0.493 e. The molecule has 0 unspecified atom stereocenters. The van der Waals surface area contributed by atoms with Crippen molar-refractivity contribution in [3.63, 3.8) is 0 Å². The van der Waals surface area contributed by atoms with Gasteiger partial charge in [-0.15, -0.1) is 11.3 Å². The summed E-state index contributed by atoms with van der Waals surface area (Å²) in [5.74, 6) is 1.06. The standard InChI is InChI=1S/C16H18N2O3S/c1-11(15-5-4-8-22-15)17-18-16(19)10-12-6-7-13(20-2)14(9-12)21-3/h4-9H,10H2,1-3H3,(H,18,19)/b17-11+. The van der Waals surface area contributed by atoms with E-state index in [9.17, 15) is 4.79 Å². The van der Waals surface area contributed by atoms with Crippen LogP contribution in [0.2, 0.25) is 0 Å². The van der Waals surface area contributed by atoms with E-state index in [1.54, 1.807) is 37.7 Å². The molecule has 0 aliphatic heterocycles. The van der Waals surface area contributed by atoms with Crippen molar-refractivity contribution >= 4 is 23.0 Å². The summed E-state index contributed by atoms with van der Waals surface area (Å²) in [6, 6.07) is 9.31. The number of hydrazone groups is 1. The van der Waals surface area contributed by atoms with Gasteiger partial charge in [0.1, 0.15) is 0 Å². The monoisotopic (exact) mass is 318 g/mol. The van der Waals surface area contributed by atoms with E-state index in [0.29, 0.717) is 11.5 Å². The average molecular weight is 318 g/mol. The second kappa shape index (κ2) is 7.61. The highest BCUT2D eigenvalue weighted by Crippen LogP contribution is 2.27. The van der Waals surface area contributed by atoms with Gasteiger partial charge in [-0.1, -0.05) is 12.1 Å². The van der Waals surface area contributed by atoms with Gasteiger partial charge < -0.3 is 9.47 Å². The van der Waals surface area contributed by atoms with E-state index in [4.69, 9.17) is 9.47 Å². The van der Waals surface area contributed by atoms with Crippen molar-refractivity contribution in [3.8, 4) is 11.5 Å². The Morgan fingerprint density at radius 3 is 2.64 bits per heavy atom. The Hall–Kier alpha value is -2.34. The number of carbonyl (C=O) groups is 1. The predicted octanol–water partition coefficient (Wildman–Crippen LogP) is 2.85. The first-order valence-corrected chi connectivity index (χ1v) is 7.60. The summed E-state index contributed by atoms with van der Waals surface area (Å²) in [5.41, 5.74) is 4.19. The van der Waals surface area contributed by atoms with Crippen LogP contribution in [-0.4, -0.2) is 25.8 Å². The highest BCUT2D eigenvalue weighted by molar-refractivity contribution is 7.12. The molecule has 0 fully saturated rings. The van der Waals surface area contributed by atoms with Gasteiger partial charge in [0.05, 0.1) is 26.4 Å². The number of nitrogens with zero attached hydrogens (tertiary/aromatic N) is 1. The van der Waals surface area contributed by atoms with E-state index in [2.05, 4.69) is 10.5 Å². The van der Waals surface area contributed by atoms with Crippen LogP contribution in [0.5, 0.6) is 11.5 Å². The van der Waals surface area contributed by atoms with Crippen LogP contribution < -0.4 is 14.9 Å². The Morgan fingerprint density at radius 1 is 1.23 bits per heavy atom. The van der Waals surface area contributed by atoms with Gasteiger partial charge in [0, 0.05) is 4.88 Å². The van der Waals surface area contributed by atoms with Gasteiger partial charge in [-0.3, -0.25) is 4.79 Å². The van der Waals surface area contributed by atoms with Crippen LogP contribution in [0.25, 0.3) is 0 Å². The zero-order valence-electron chi connectivity index (χ0n) is 12.8. The lowest BCUT2D eigenvalue weighted by Gasteiger charge is -2.09. The number of benzene rings is 1. The van der Waals surface area contributed by atoms with Gasteiger partial charge in [0.2, 0.25) is 5.91 Å². The molecule has 0 saturated carbocycles. The summed E-state index contributed by atoms with van der Waals surface area (Å²) in [5, 5.41) is 6.08. The number of hydrogen-bond donors (Lipinski definition) is 1. The molecule has 1 aromatic heterocycles. The van der Waals surface area contributed by atoms with Crippen molar-refractivity contribution in [2.75, 3.05) is 14.2 Å². The third-order valence-corrected chi connectivity index (χ3v) is 4.02. The molecule has 22 heavy (non-hydrogen) atoms. The van der Waals surface area contributed by atoms with Crippen LogP contribution in [0, 0.1) is 0 Å². The molecule has 1 amide bonds. The Bertz CT molecular complexity index is 666. The van der Waals surface area contributed by atoms with Crippen LogP contribution in [-0.2, 0) is 11.2 Å². The molecule has 0 atom stereocenters. The summed E-state index contributed by atoms with van der Waals surface area (Å²) < 4.78 is 10.4. The summed E-state index contributed by atoms with van der Waals surface area (Å²) >= 11 is 1.58. The maximum absolute atomic E-state index is 12.0. The van der Waals surface area contributed by atoms with E-state index in [1.807, 2.05) is 30.5 Å². The van der Waals surface area contributed by atoms with Gasteiger partial charge in [-0.05, 0) is 36.1 Å². The smallest absolute Gasteiger partial charge is 0.244 e. The molecule has 1 N–H and O–H groups in total. The minimum atomic E-state index is -0.178. The van der Waals surface area contributed by atoms with E-state index >= 15 is 0 Å². The summed E-state index contributed by atoms with van der Waals surface area (Å²) in [4.78, 5) is 13.0. The van der Waals surface area contributed by atoms with Crippen LogP contribution in [0.1, 0.15) is 17.4 Å². The molecule has 5 nitrogen and oxygen atoms in total. The fourth-order valence-corrected chi connectivity index (χ4v) is 2.58. The number of carbonyl (C=O) groups excluding carboxylic acids is 1. The van der Waals surface area contributed by atoms with Crippen molar-refractivity contribution < 1.29 is 14.3 Å². The predicted molar refractivity (Wildman–Crippen MR) is 87.9 cm³/mol. The third kappa shape index (κ3) is 4.08. The highest BCUT2D eigenvalue weighted by Gasteiger charge is 2.08. The number of rotatable bonds is 6.